The van der Waals surface area contributed by atoms with Crippen molar-refractivity contribution in [3.05, 3.63) is 52.7 Å². The first kappa shape index (κ1) is 13.7. The van der Waals surface area contributed by atoms with Gasteiger partial charge in [-0.3, -0.25) is 0 Å². The topological polar surface area (TPSA) is 76.2 Å². The number of carboxylic acids is 1. The first-order valence-corrected chi connectivity index (χ1v) is 6.79. The molecule has 2 rings (SSSR count). The first-order valence-electron chi connectivity index (χ1n) is 5.43. The Balaban J connectivity index is 2.20. The predicted molar refractivity (Wildman–Crippen MR) is 76.6 cm³/mol. The van der Waals surface area contributed by atoms with E-state index in [9.17, 15) is 4.79 Å². The Hall–Kier alpha value is -1.72. The number of pyridine rings is 1. The van der Waals surface area contributed by atoms with Gasteiger partial charge < -0.3 is 10.8 Å². The van der Waals surface area contributed by atoms with Crippen LogP contribution in [0.4, 0.5) is 5.69 Å². The molecule has 0 spiro atoms. The Morgan fingerprint density at radius 2 is 2.16 bits per heavy atom. The van der Waals surface area contributed by atoms with Gasteiger partial charge in [0.25, 0.3) is 0 Å². The van der Waals surface area contributed by atoms with Gasteiger partial charge in [-0.15, -0.1) is 11.8 Å². The van der Waals surface area contributed by atoms with E-state index in [1.807, 2.05) is 18.2 Å². The summed E-state index contributed by atoms with van der Waals surface area (Å²) in [4.78, 5) is 15.2. The highest BCUT2D eigenvalue weighted by atomic mass is 35.5. The van der Waals surface area contributed by atoms with Gasteiger partial charge in [0.1, 0.15) is 5.03 Å². The lowest BCUT2D eigenvalue weighted by Gasteiger charge is -2.07. The van der Waals surface area contributed by atoms with Gasteiger partial charge in [-0.1, -0.05) is 29.8 Å². The molecule has 19 heavy (non-hydrogen) atoms. The molecule has 98 valence electrons. The number of carboxylic acid groups (broad SMARTS) is 1. The van der Waals surface area contributed by atoms with Crippen molar-refractivity contribution >= 4 is 35.0 Å². The molecule has 0 saturated carbocycles. The van der Waals surface area contributed by atoms with E-state index in [-0.39, 0.29) is 5.56 Å². The number of aromatic nitrogens is 1. The summed E-state index contributed by atoms with van der Waals surface area (Å²) in [5.41, 5.74) is 6.92. The maximum atomic E-state index is 11.1. The molecule has 0 aliphatic rings. The van der Waals surface area contributed by atoms with Crippen molar-refractivity contribution < 1.29 is 9.90 Å². The number of halogens is 1. The molecule has 0 aliphatic carbocycles. The second-order valence-corrected chi connectivity index (χ2v) is 5.18. The standard InChI is InChI=1S/C13H11ClN2O2S/c14-11-4-2-1-3-8(11)7-19-12-10(13(17)18)5-9(15)6-16-12/h1-6H,7,15H2,(H,17,18). The summed E-state index contributed by atoms with van der Waals surface area (Å²) in [5, 5.41) is 10.2. The molecule has 0 amide bonds. The third kappa shape index (κ3) is 3.39. The van der Waals surface area contributed by atoms with Crippen LogP contribution in [0, 0.1) is 0 Å². The minimum atomic E-state index is -1.04. The van der Waals surface area contributed by atoms with Crippen LogP contribution in [0.1, 0.15) is 15.9 Å². The fraction of sp³-hybridized carbons (Fsp3) is 0.0769. The molecule has 0 radical (unpaired) electrons. The molecule has 1 aromatic carbocycles. The Morgan fingerprint density at radius 1 is 1.42 bits per heavy atom. The number of carbonyl (C=O) groups is 1. The molecule has 1 heterocycles. The molecule has 4 nitrogen and oxygen atoms in total. The van der Waals surface area contributed by atoms with Gasteiger partial charge in [0.15, 0.2) is 0 Å². The van der Waals surface area contributed by atoms with E-state index in [0.717, 1.165) is 5.56 Å². The number of nitrogen functional groups attached to an aromatic ring is 1. The lowest BCUT2D eigenvalue weighted by atomic mass is 10.2. The predicted octanol–water partition coefficient (Wildman–Crippen LogP) is 3.31. The molecular weight excluding hydrogens is 284 g/mol. The van der Waals surface area contributed by atoms with E-state index >= 15 is 0 Å². The number of nitrogens with two attached hydrogens (primary N) is 1. The van der Waals surface area contributed by atoms with Crippen molar-refractivity contribution in [1.82, 2.24) is 4.98 Å². The van der Waals surface area contributed by atoms with Gasteiger partial charge in [-0.2, -0.15) is 0 Å². The number of benzene rings is 1. The van der Waals surface area contributed by atoms with Crippen LogP contribution in [0.25, 0.3) is 0 Å². The molecule has 3 N–H and O–H groups in total. The zero-order valence-corrected chi connectivity index (χ0v) is 11.4. The number of hydrogen-bond donors (Lipinski definition) is 2. The van der Waals surface area contributed by atoms with E-state index in [1.165, 1.54) is 24.0 Å². The smallest absolute Gasteiger partial charge is 0.338 e. The van der Waals surface area contributed by atoms with Gasteiger partial charge >= 0.3 is 5.97 Å². The van der Waals surface area contributed by atoms with E-state index < -0.39 is 5.97 Å². The highest BCUT2D eigenvalue weighted by Gasteiger charge is 2.13. The number of rotatable bonds is 4. The summed E-state index contributed by atoms with van der Waals surface area (Å²) in [6, 6.07) is 8.83. The monoisotopic (exact) mass is 294 g/mol. The molecule has 0 aliphatic heterocycles. The van der Waals surface area contributed by atoms with Crippen LogP contribution in [0.5, 0.6) is 0 Å². The average Bonchev–Trinajstić information content (AvgIpc) is 2.38. The van der Waals surface area contributed by atoms with Crippen LogP contribution in [0.2, 0.25) is 5.02 Å². The van der Waals surface area contributed by atoms with Gasteiger partial charge in [0, 0.05) is 10.8 Å². The lowest BCUT2D eigenvalue weighted by Crippen LogP contribution is -2.02. The number of nitrogens with zero attached hydrogens (tertiary/aromatic N) is 1. The van der Waals surface area contributed by atoms with Gasteiger partial charge in [-0.05, 0) is 17.7 Å². The zero-order valence-electron chi connectivity index (χ0n) is 9.84. The summed E-state index contributed by atoms with van der Waals surface area (Å²) in [6.45, 7) is 0. The number of thioether (sulfide) groups is 1. The molecule has 0 unspecified atom stereocenters. The second-order valence-electron chi connectivity index (χ2n) is 3.81. The third-order valence-corrected chi connectivity index (χ3v) is 3.85. The summed E-state index contributed by atoms with van der Waals surface area (Å²) < 4.78 is 0. The van der Waals surface area contributed by atoms with Crippen LogP contribution in [-0.4, -0.2) is 16.1 Å². The van der Waals surface area contributed by atoms with Crippen molar-refractivity contribution in [3.63, 3.8) is 0 Å². The van der Waals surface area contributed by atoms with E-state index in [2.05, 4.69) is 4.98 Å². The van der Waals surface area contributed by atoms with Gasteiger partial charge in [-0.25, -0.2) is 9.78 Å². The summed E-state index contributed by atoms with van der Waals surface area (Å²) in [5.74, 6) is -0.488. The second kappa shape index (κ2) is 5.95. The summed E-state index contributed by atoms with van der Waals surface area (Å²) >= 11 is 7.37. The molecular formula is C13H11ClN2O2S. The van der Waals surface area contributed by atoms with E-state index in [4.69, 9.17) is 22.4 Å². The Morgan fingerprint density at radius 3 is 2.84 bits per heavy atom. The van der Waals surface area contributed by atoms with Crippen molar-refractivity contribution in [1.29, 1.82) is 0 Å². The van der Waals surface area contributed by atoms with Crippen molar-refractivity contribution in [3.8, 4) is 0 Å². The number of anilines is 1. The quantitative estimate of drug-likeness (QED) is 0.846. The molecule has 0 atom stereocenters. The molecule has 0 bridgehead atoms. The SMILES string of the molecule is Nc1cnc(SCc2ccccc2Cl)c(C(=O)O)c1. The first-order chi connectivity index (χ1) is 9.08. The molecule has 1 aromatic heterocycles. The van der Waals surface area contributed by atoms with Gasteiger partial charge in [0.2, 0.25) is 0 Å². The van der Waals surface area contributed by atoms with Crippen LogP contribution in [0.15, 0.2) is 41.6 Å². The van der Waals surface area contributed by atoms with Crippen LogP contribution in [0.3, 0.4) is 0 Å². The molecule has 2 aromatic rings. The van der Waals surface area contributed by atoms with E-state index in [1.54, 1.807) is 6.07 Å². The average molecular weight is 295 g/mol. The van der Waals surface area contributed by atoms with Crippen LogP contribution < -0.4 is 5.73 Å². The highest BCUT2D eigenvalue weighted by molar-refractivity contribution is 7.98. The minimum Gasteiger partial charge on any atom is -0.478 e. The molecule has 0 fully saturated rings. The van der Waals surface area contributed by atoms with Crippen LogP contribution in [-0.2, 0) is 5.75 Å². The molecule has 0 saturated heterocycles. The van der Waals surface area contributed by atoms with Crippen molar-refractivity contribution in [2.24, 2.45) is 0 Å². The van der Waals surface area contributed by atoms with Crippen molar-refractivity contribution in [2.45, 2.75) is 10.8 Å². The minimum absolute atomic E-state index is 0.108. The zero-order chi connectivity index (χ0) is 13.8. The highest BCUT2D eigenvalue weighted by Crippen LogP contribution is 2.28. The fourth-order valence-corrected chi connectivity index (χ4v) is 2.75. The Bertz CT molecular complexity index is 619. The Kier molecular flexibility index (Phi) is 4.29. The number of aromatic carboxylic acids is 1. The summed E-state index contributed by atoms with van der Waals surface area (Å²) in [7, 11) is 0. The largest absolute Gasteiger partial charge is 0.478 e. The lowest BCUT2D eigenvalue weighted by molar-refractivity contribution is 0.0692. The van der Waals surface area contributed by atoms with E-state index in [0.29, 0.717) is 21.5 Å². The van der Waals surface area contributed by atoms with Crippen LogP contribution >= 0.6 is 23.4 Å². The summed E-state index contributed by atoms with van der Waals surface area (Å²) in [6.07, 6.45) is 1.45. The van der Waals surface area contributed by atoms with Gasteiger partial charge in [0.05, 0.1) is 17.4 Å². The maximum Gasteiger partial charge on any atom is 0.338 e. The third-order valence-electron chi connectivity index (χ3n) is 2.42. The number of hydrogen-bond acceptors (Lipinski definition) is 4. The normalized spacial score (nSPS) is 10.4. The molecule has 6 heteroatoms. The Labute approximate surface area is 119 Å². The fourth-order valence-electron chi connectivity index (χ4n) is 1.50. The maximum absolute atomic E-state index is 11.1. The van der Waals surface area contributed by atoms with Crippen molar-refractivity contribution in [2.75, 3.05) is 5.73 Å².